The van der Waals surface area contributed by atoms with Crippen LogP contribution in [0.2, 0.25) is 0 Å². The van der Waals surface area contributed by atoms with Crippen LogP contribution in [-0.2, 0) is 9.59 Å². The van der Waals surface area contributed by atoms with Crippen molar-refractivity contribution in [3.8, 4) is 0 Å². The average molecular weight is 401 g/mol. The number of halogens is 1. The van der Waals surface area contributed by atoms with Gasteiger partial charge in [0, 0.05) is 50.7 Å². The average Bonchev–Trinajstić information content (AvgIpc) is 3.10. The van der Waals surface area contributed by atoms with Gasteiger partial charge in [-0.1, -0.05) is 23.8 Å². The summed E-state index contributed by atoms with van der Waals surface area (Å²) >= 11 is 0. The molecule has 7 heteroatoms. The highest BCUT2D eigenvalue weighted by Crippen LogP contribution is 2.30. The number of pyridine rings is 1. The third-order valence-corrected chi connectivity index (χ3v) is 5.42. The van der Waals surface area contributed by atoms with E-state index in [2.05, 4.69) is 10.3 Å². The van der Waals surface area contributed by atoms with Crippen molar-refractivity contribution < 1.29 is 9.59 Å². The second-order valence-corrected chi connectivity index (χ2v) is 7.28. The van der Waals surface area contributed by atoms with Crippen molar-refractivity contribution in [2.75, 3.05) is 31.1 Å². The molecule has 4 rings (SSSR count). The molecule has 0 aliphatic carbocycles. The first kappa shape index (κ1) is 20.3. The fourth-order valence-corrected chi connectivity index (χ4v) is 3.92. The molecule has 2 amide bonds. The fourth-order valence-electron chi connectivity index (χ4n) is 3.92. The molecule has 2 aliphatic heterocycles. The zero-order valence-corrected chi connectivity index (χ0v) is 16.7. The van der Waals surface area contributed by atoms with Gasteiger partial charge < -0.3 is 15.1 Å². The lowest BCUT2D eigenvalue weighted by Gasteiger charge is -2.37. The minimum absolute atomic E-state index is 0. The van der Waals surface area contributed by atoms with Gasteiger partial charge in [-0.05, 0) is 30.7 Å². The largest absolute Gasteiger partial charge is 0.333 e. The normalized spacial score (nSPS) is 22.1. The highest BCUT2D eigenvalue weighted by molar-refractivity contribution is 6.00. The van der Waals surface area contributed by atoms with Crippen molar-refractivity contribution in [2.45, 2.75) is 19.4 Å². The molecule has 0 saturated carbocycles. The van der Waals surface area contributed by atoms with E-state index in [1.807, 2.05) is 54.4 Å². The van der Waals surface area contributed by atoms with E-state index in [4.69, 9.17) is 0 Å². The second-order valence-electron chi connectivity index (χ2n) is 7.28. The van der Waals surface area contributed by atoms with Crippen molar-refractivity contribution in [2.24, 2.45) is 5.92 Å². The number of nitrogens with zero attached hydrogens (tertiary/aromatic N) is 3. The van der Waals surface area contributed by atoms with Crippen LogP contribution in [-0.4, -0.2) is 47.9 Å². The monoisotopic (exact) mass is 400 g/mol. The molecule has 148 valence electrons. The van der Waals surface area contributed by atoms with Gasteiger partial charge in [0.2, 0.25) is 11.8 Å². The Labute approximate surface area is 171 Å². The van der Waals surface area contributed by atoms with E-state index in [-0.39, 0.29) is 42.6 Å². The van der Waals surface area contributed by atoms with E-state index in [1.54, 1.807) is 11.1 Å². The predicted molar refractivity (Wildman–Crippen MR) is 110 cm³/mol. The standard InChI is InChI=1S/C21H24N4O2.ClH/c1-15-4-6-18(7-5-15)25-14-17(11-20(25)26)21(27)24-10-9-23-13-19(24)16-3-2-8-22-12-16;/h2-8,12,17,19,23H,9-11,13-14H2,1H3;1H. The topological polar surface area (TPSA) is 65.5 Å². The molecule has 1 aromatic heterocycles. The minimum atomic E-state index is -0.295. The summed E-state index contributed by atoms with van der Waals surface area (Å²) in [5, 5.41) is 3.36. The van der Waals surface area contributed by atoms with Gasteiger partial charge in [-0.15, -0.1) is 12.4 Å². The Hall–Kier alpha value is -2.44. The predicted octanol–water partition coefficient (Wildman–Crippen LogP) is 2.34. The van der Waals surface area contributed by atoms with Crippen molar-refractivity contribution >= 4 is 29.9 Å². The SMILES string of the molecule is Cc1ccc(N2CC(C(=O)N3CCNCC3c3cccnc3)CC2=O)cc1.Cl. The molecule has 2 fully saturated rings. The Morgan fingerprint density at radius 3 is 2.71 bits per heavy atom. The Bertz CT molecular complexity index is 828. The van der Waals surface area contributed by atoms with Gasteiger partial charge in [-0.25, -0.2) is 0 Å². The molecule has 1 aromatic carbocycles. The summed E-state index contributed by atoms with van der Waals surface area (Å²) in [5.74, 6) is -0.213. The van der Waals surface area contributed by atoms with Crippen LogP contribution in [0.3, 0.4) is 0 Å². The Kier molecular flexibility index (Phi) is 6.31. The molecular formula is C21H25ClN4O2. The number of anilines is 1. The van der Waals surface area contributed by atoms with Crippen LogP contribution in [0, 0.1) is 12.8 Å². The maximum Gasteiger partial charge on any atom is 0.228 e. The van der Waals surface area contributed by atoms with Gasteiger partial charge >= 0.3 is 0 Å². The number of benzene rings is 1. The van der Waals surface area contributed by atoms with Gasteiger partial charge in [-0.3, -0.25) is 14.6 Å². The van der Waals surface area contributed by atoms with Gasteiger partial charge in [0.15, 0.2) is 0 Å². The minimum Gasteiger partial charge on any atom is -0.333 e. The number of rotatable bonds is 3. The summed E-state index contributed by atoms with van der Waals surface area (Å²) in [7, 11) is 0. The zero-order valence-electron chi connectivity index (χ0n) is 15.9. The highest BCUT2D eigenvalue weighted by atomic mass is 35.5. The van der Waals surface area contributed by atoms with E-state index in [0.29, 0.717) is 19.6 Å². The quantitative estimate of drug-likeness (QED) is 0.858. The highest BCUT2D eigenvalue weighted by Gasteiger charge is 2.39. The van der Waals surface area contributed by atoms with Gasteiger partial charge in [0.1, 0.15) is 0 Å². The summed E-state index contributed by atoms with van der Waals surface area (Å²) in [6.07, 6.45) is 3.83. The third kappa shape index (κ3) is 4.03. The van der Waals surface area contributed by atoms with E-state index in [0.717, 1.165) is 23.4 Å². The number of carbonyl (C=O) groups excluding carboxylic acids is 2. The summed E-state index contributed by atoms with van der Waals surface area (Å²) in [6, 6.07) is 11.7. The first-order chi connectivity index (χ1) is 13.1. The van der Waals surface area contributed by atoms with Crippen LogP contribution in [0.25, 0.3) is 0 Å². The van der Waals surface area contributed by atoms with Crippen LogP contribution in [0.5, 0.6) is 0 Å². The fraction of sp³-hybridized carbons (Fsp3) is 0.381. The summed E-state index contributed by atoms with van der Waals surface area (Å²) < 4.78 is 0. The summed E-state index contributed by atoms with van der Waals surface area (Å²) in [6.45, 7) is 4.59. The third-order valence-electron chi connectivity index (χ3n) is 5.42. The summed E-state index contributed by atoms with van der Waals surface area (Å²) in [4.78, 5) is 33.7. The van der Waals surface area contributed by atoms with Crippen LogP contribution < -0.4 is 10.2 Å². The molecule has 28 heavy (non-hydrogen) atoms. The summed E-state index contributed by atoms with van der Waals surface area (Å²) in [5.41, 5.74) is 3.04. The molecule has 0 spiro atoms. The van der Waals surface area contributed by atoms with E-state index >= 15 is 0 Å². The molecule has 2 saturated heterocycles. The number of aryl methyl sites for hydroxylation is 1. The van der Waals surface area contributed by atoms with Crippen molar-refractivity contribution in [1.29, 1.82) is 0 Å². The molecule has 6 nitrogen and oxygen atoms in total. The van der Waals surface area contributed by atoms with Crippen LogP contribution >= 0.6 is 12.4 Å². The number of aromatic nitrogens is 1. The first-order valence-electron chi connectivity index (χ1n) is 9.41. The Morgan fingerprint density at radius 1 is 1.21 bits per heavy atom. The zero-order chi connectivity index (χ0) is 18.8. The number of piperazine rings is 1. The molecule has 2 aliphatic rings. The number of carbonyl (C=O) groups is 2. The Balaban J connectivity index is 0.00000225. The Morgan fingerprint density at radius 2 is 2.00 bits per heavy atom. The van der Waals surface area contributed by atoms with Crippen molar-refractivity contribution in [3.63, 3.8) is 0 Å². The number of amides is 2. The van der Waals surface area contributed by atoms with Crippen LogP contribution in [0.15, 0.2) is 48.8 Å². The lowest BCUT2D eigenvalue weighted by molar-refractivity contribution is -0.139. The smallest absolute Gasteiger partial charge is 0.228 e. The molecule has 2 atom stereocenters. The van der Waals surface area contributed by atoms with Gasteiger partial charge in [-0.2, -0.15) is 0 Å². The van der Waals surface area contributed by atoms with E-state index < -0.39 is 0 Å². The number of hydrogen-bond donors (Lipinski definition) is 1. The maximum absolute atomic E-state index is 13.3. The maximum atomic E-state index is 13.3. The van der Waals surface area contributed by atoms with E-state index in [1.165, 1.54) is 0 Å². The molecule has 2 aromatic rings. The lowest BCUT2D eigenvalue weighted by Crippen LogP contribution is -2.50. The first-order valence-corrected chi connectivity index (χ1v) is 9.41. The molecule has 2 unspecified atom stereocenters. The molecule has 3 heterocycles. The lowest BCUT2D eigenvalue weighted by atomic mass is 10.0. The van der Waals surface area contributed by atoms with Crippen molar-refractivity contribution in [3.05, 3.63) is 59.9 Å². The number of nitrogens with one attached hydrogen (secondary N) is 1. The number of hydrogen-bond acceptors (Lipinski definition) is 4. The van der Waals surface area contributed by atoms with Crippen LogP contribution in [0.4, 0.5) is 5.69 Å². The molecular weight excluding hydrogens is 376 g/mol. The van der Waals surface area contributed by atoms with Gasteiger partial charge in [0.25, 0.3) is 0 Å². The molecule has 1 N–H and O–H groups in total. The molecule has 0 radical (unpaired) electrons. The van der Waals surface area contributed by atoms with Crippen LogP contribution in [0.1, 0.15) is 23.6 Å². The van der Waals surface area contributed by atoms with Gasteiger partial charge in [0.05, 0.1) is 12.0 Å². The van der Waals surface area contributed by atoms with E-state index in [9.17, 15) is 9.59 Å². The second kappa shape index (κ2) is 8.71. The molecule has 0 bridgehead atoms. The van der Waals surface area contributed by atoms with Crippen molar-refractivity contribution in [1.82, 2.24) is 15.2 Å².